The van der Waals surface area contributed by atoms with Crippen LogP contribution in [0.5, 0.6) is 11.5 Å². The maximum atomic E-state index is 13.6. The number of rotatable bonds is 6. The average molecular weight is 378 g/mol. The summed E-state index contributed by atoms with van der Waals surface area (Å²) in [7, 11) is 1.46. The Morgan fingerprint density at radius 2 is 1.85 bits per heavy atom. The number of hydrogen-bond donors (Lipinski definition) is 2. The Balaban J connectivity index is 1.96. The van der Waals surface area contributed by atoms with Crippen molar-refractivity contribution < 1.29 is 23.5 Å². The second kappa shape index (κ2) is 9.10. The van der Waals surface area contributed by atoms with Crippen molar-refractivity contribution in [2.24, 2.45) is 0 Å². The fourth-order valence-corrected chi connectivity index (χ4v) is 2.49. The van der Waals surface area contributed by atoms with Gasteiger partial charge >= 0.3 is 0 Å². The van der Waals surface area contributed by atoms with E-state index in [-0.39, 0.29) is 11.3 Å². The highest BCUT2D eigenvalue weighted by Crippen LogP contribution is 2.25. The lowest BCUT2D eigenvalue weighted by molar-refractivity contribution is -0.128. The summed E-state index contributed by atoms with van der Waals surface area (Å²) in [5, 5.41) is 0. The Labute approximate surface area is 155 Å². The fourth-order valence-electron chi connectivity index (χ4n) is 2.06. The van der Waals surface area contributed by atoms with Gasteiger partial charge in [0.15, 0.2) is 17.7 Å². The van der Waals surface area contributed by atoms with Crippen LogP contribution in [0.4, 0.5) is 4.39 Å². The van der Waals surface area contributed by atoms with Crippen LogP contribution in [-0.2, 0) is 4.79 Å². The van der Waals surface area contributed by atoms with Gasteiger partial charge in [-0.05, 0) is 43.5 Å². The summed E-state index contributed by atoms with van der Waals surface area (Å²) < 4.78 is 24.0. The lowest BCUT2D eigenvalue weighted by Crippen LogP contribution is -2.47. The van der Waals surface area contributed by atoms with Gasteiger partial charge < -0.3 is 9.47 Å². The lowest BCUT2D eigenvalue weighted by Gasteiger charge is -2.16. The summed E-state index contributed by atoms with van der Waals surface area (Å²) >= 11 is 1.51. The van der Waals surface area contributed by atoms with Gasteiger partial charge in [0.25, 0.3) is 11.8 Å². The summed E-state index contributed by atoms with van der Waals surface area (Å²) in [5.74, 6) is -1.40. The van der Waals surface area contributed by atoms with E-state index in [9.17, 15) is 14.0 Å². The van der Waals surface area contributed by atoms with E-state index in [1.165, 1.54) is 44.0 Å². The molecule has 0 saturated heterocycles. The van der Waals surface area contributed by atoms with Gasteiger partial charge in [0.2, 0.25) is 0 Å². The fraction of sp³-hybridized carbons (Fsp3) is 0.222. The number of nitrogens with one attached hydrogen (secondary N) is 2. The van der Waals surface area contributed by atoms with E-state index >= 15 is 0 Å². The molecule has 0 radical (unpaired) electrons. The van der Waals surface area contributed by atoms with Crippen molar-refractivity contribution >= 4 is 23.6 Å². The minimum absolute atomic E-state index is 0.0456. The van der Waals surface area contributed by atoms with E-state index < -0.39 is 23.7 Å². The lowest BCUT2D eigenvalue weighted by atomic mass is 10.2. The van der Waals surface area contributed by atoms with Crippen LogP contribution in [0.2, 0.25) is 0 Å². The molecule has 2 rings (SSSR count). The van der Waals surface area contributed by atoms with Gasteiger partial charge in [0.05, 0.1) is 12.7 Å². The van der Waals surface area contributed by atoms with Crippen LogP contribution in [0, 0.1) is 5.82 Å². The van der Waals surface area contributed by atoms with Crippen LogP contribution in [0.3, 0.4) is 0 Å². The highest BCUT2D eigenvalue weighted by molar-refractivity contribution is 7.98. The van der Waals surface area contributed by atoms with E-state index in [1.54, 1.807) is 24.3 Å². The topological polar surface area (TPSA) is 76.7 Å². The van der Waals surface area contributed by atoms with Crippen LogP contribution in [0.25, 0.3) is 0 Å². The smallest absolute Gasteiger partial charge is 0.279 e. The number of para-hydroxylation sites is 1. The normalized spacial score (nSPS) is 11.4. The van der Waals surface area contributed by atoms with Crippen molar-refractivity contribution in [2.45, 2.75) is 17.9 Å². The van der Waals surface area contributed by atoms with E-state index in [0.717, 1.165) is 4.90 Å². The van der Waals surface area contributed by atoms with Crippen LogP contribution in [0.1, 0.15) is 17.3 Å². The van der Waals surface area contributed by atoms with Crippen LogP contribution < -0.4 is 20.3 Å². The van der Waals surface area contributed by atoms with E-state index in [4.69, 9.17) is 9.47 Å². The number of carbonyl (C=O) groups excluding carboxylic acids is 2. The average Bonchev–Trinajstić information content (AvgIpc) is 2.66. The molecule has 0 fully saturated rings. The monoisotopic (exact) mass is 378 g/mol. The molecule has 0 spiro atoms. The minimum Gasteiger partial charge on any atom is -0.496 e. The molecule has 2 amide bonds. The number of halogens is 1. The highest BCUT2D eigenvalue weighted by atomic mass is 32.2. The Hall–Kier alpha value is -2.74. The molecule has 26 heavy (non-hydrogen) atoms. The number of carbonyl (C=O) groups is 2. The van der Waals surface area contributed by atoms with Gasteiger partial charge in [0.1, 0.15) is 5.75 Å². The molecule has 138 valence electrons. The van der Waals surface area contributed by atoms with Gasteiger partial charge in [-0.15, -0.1) is 11.8 Å². The van der Waals surface area contributed by atoms with Gasteiger partial charge in [0, 0.05) is 4.90 Å². The summed E-state index contributed by atoms with van der Waals surface area (Å²) in [6, 6.07) is 10.9. The van der Waals surface area contributed by atoms with Gasteiger partial charge in [-0.3, -0.25) is 20.4 Å². The van der Waals surface area contributed by atoms with Crippen molar-refractivity contribution in [2.75, 3.05) is 13.4 Å². The van der Waals surface area contributed by atoms with Gasteiger partial charge in [-0.1, -0.05) is 12.1 Å². The van der Waals surface area contributed by atoms with Gasteiger partial charge in [-0.2, -0.15) is 0 Å². The second-order valence-electron chi connectivity index (χ2n) is 5.20. The SMILES string of the molecule is COc1cc(SC)ccc1C(=O)NNC(=O)[C@H](C)Oc1ccccc1F. The Morgan fingerprint density at radius 1 is 1.12 bits per heavy atom. The molecule has 8 heteroatoms. The third-order valence-corrected chi connectivity index (χ3v) is 4.19. The first kappa shape index (κ1) is 19.6. The zero-order chi connectivity index (χ0) is 19.1. The van der Waals surface area contributed by atoms with Crippen LogP contribution >= 0.6 is 11.8 Å². The minimum atomic E-state index is -1.01. The van der Waals surface area contributed by atoms with Crippen molar-refractivity contribution in [3.05, 3.63) is 53.8 Å². The molecule has 0 aliphatic carbocycles. The van der Waals surface area contributed by atoms with E-state index in [0.29, 0.717) is 5.75 Å². The molecule has 1 atom stereocenters. The molecule has 2 aromatic carbocycles. The zero-order valence-corrected chi connectivity index (χ0v) is 15.4. The van der Waals surface area contributed by atoms with Crippen LogP contribution in [0.15, 0.2) is 47.4 Å². The molecule has 6 nitrogen and oxygen atoms in total. The predicted octanol–water partition coefficient (Wildman–Crippen LogP) is 2.78. The molecule has 0 saturated carbocycles. The first-order valence-electron chi connectivity index (χ1n) is 7.69. The van der Waals surface area contributed by atoms with Crippen molar-refractivity contribution in [3.63, 3.8) is 0 Å². The van der Waals surface area contributed by atoms with Crippen molar-refractivity contribution in [1.29, 1.82) is 0 Å². The molecule has 0 bridgehead atoms. The molecule has 2 aromatic rings. The standard InChI is InChI=1S/C18H19FN2O4S/c1-11(25-15-7-5-4-6-14(15)19)17(22)20-21-18(23)13-9-8-12(26-3)10-16(13)24-2/h4-11H,1-3H3,(H,20,22)(H,21,23)/t11-/m0/s1. The van der Waals surface area contributed by atoms with Crippen LogP contribution in [-0.4, -0.2) is 31.3 Å². The number of methoxy groups -OCH3 is 1. The quantitative estimate of drug-likeness (QED) is 0.597. The predicted molar refractivity (Wildman–Crippen MR) is 96.9 cm³/mol. The molecule has 0 aliphatic rings. The third-order valence-electron chi connectivity index (χ3n) is 3.46. The molecule has 0 unspecified atom stereocenters. The van der Waals surface area contributed by atoms with E-state index in [2.05, 4.69) is 10.9 Å². The largest absolute Gasteiger partial charge is 0.496 e. The Morgan fingerprint density at radius 3 is 2.50 bits per heavy atom. The summed E-state index contributed by atoms with van der Waals surface area (Å²) in [4.78, 5) is 25.2. The summed E-state index contributed by atoms with van der Waals surface area (Å²) in [6.07, 6.45) is 0.902. The Kier molecular flexibility index (Phi) is 6.85. The highest BCUT2D eigenvalue weighted by Gasteiger charge is 2.18. The second-order valence-corrected chi connectivity index (χ2v) is 6.08. The summed E-state index contributed by atoms with van der Waals surface area (Å²) in [5.41, 5.74) is 4.82. The molecular weight excluding hydrogens is 359 g/mol. The molecule has 0 aromatic heterocycles. The third kappa shape index (κ3) is 4.89. The number of benzene rings is 2. The Bertz CT molecular complexity index is 801. The maximum Gasteiger partial charge on any atom is 0.279 e. The number of ether oxygens (including phenoxy) is 2. The molecule has 0 aliphatic heterocycles. The van der Waals surface area contributed by atoms with Gasteiger partial charge in [-0.25, -0.2) is 4.39 Å². The molecular formula is C18H19FN2O4S. The molecule has 2 N–H and O–H groups in total. The van der Waals surface area contributed by atoms with Crippen molar-refractivity contribution in [3.8, 4) is 11.5 Å². The number of hydrogen-bond acceptors (Lipinski definition) is 5. The van der Waals surface area contributed by atoms with E-state index in [1.807, 2.05) is 6.26 Å². The first-order chi connectivity index (χ1) is 12.5. The maximum absolute atomic E-state index is 13.6. The number of hydrazine groups is 1. The number of thioether (sulfide) groups is 1. The summed E-state index contributed by atoms with van der Waals surface area (Å²) in [6.45, 7) is 1.45. The van der Waals surface area contributed by atoms with Crippen molar-refractivity contribution in [1.82, 2.24) is 10.9 Å². The molecule has 0 heterocycles. The number of amides is 2. The zero-order valence-electron chi connectivity index (χ0n) is 14.5. The first-order valence-corrected chi connectivity index (χ1v) is 8.92.